The molecule has 0 nitrogen and oxygen atoms in total. The van der Waals surface area contributed by atoms with Crippen molar-refractivity contribution in [1.82, 2.24) is 0 Å². The van der Waals surface area contributed by atoms with E-state index < -0.39 is 0 Å². The molecular formula is C15H26BI. The molecule has 2 aliphatic carbocycles. The van der Waals surface area contributed by atoms with Crippen molar-refractivity contribution in [3.05, 3.63) is 11.6 Å². The van der Waals surface area contributed by atoms with Crippen molar-refractivity contribution >= 4 is 29.9 Å². The van der Waals surface area contributed by atoms with Crippen molar-refractivity contribution in [1.29, 1.82) is 0 Å². The normalized spacial score (nSPS) is 38.3. The Morgan fingerprint density at radius 1 is 1.24 bits per heavy atom. The zero-order valence-corrected chi connectivity index (χ0v) is 14.1. The van der Waals surface area contributed by atoms with Gasteiger partial charge in [-0.15, -0.1) is 0 Å². The van der Waals surface area contributed by atoms with Crippen LogP contribution in [0.5, 0.6) is 0 Å². The van der Waals surface area contributed by atoms with E-state index in [2.05, 4.69) is 56.4 Å². The van der Waals surface area contributed by atoms with Crippen molar-refractivity contribution in [2.24, 2.45) is 5.41 Å². The van der Waals surface area contributed by atoms with Crippen LogP contribution in [0.3, 0.4) is 0 Å². The lowest BCUT2D eigenvalue weighted by molar-refractivity contribution is 0.133. The van der Waals surface area contributed by atoms with E-state index in [0.717, 1.165) is 0 Å². The van der Waals surface area contributed by atoms with E-state index in [0.29, 0.717) is 14.1 Å². The van der Waals surface area contributed by atoms with E-state index in [9.17, 15) is 0 Å². The maximum absolute atomic E-state index is 2.65. The van der Waals surface area contributed by atoms with Gasteiger partial charge in [0.05, 0.1) is 0 Å². The first kappa shape index (κ1) is 14.0. The molecule has 0 amide bonds. The molecule has 0 heterocycles. The van der Waals surface area contributed by atoms with Gasteiger partial charge in [0.2, 0.25) is 0 Å². The maximum Gasteiger partial charge on any atom is 0.153 e. The van der Waals surface area contributed by atoms with Crippen molar-refractivity contribution in [3.8, 4) is 0 Å². The van der Waals surface area contributed by atoms with Gasteiger partial charge in [0.1, 0.15) is 0 Å². The van der Waals surface area contributed by atoms with E-state index in [1.165, 1.54) is 45.8 Å². The minimum absolute atomic E-state index is 0.419. The largest absolute Gasteiger partial charge is 0.153 e. The van der Waals surface area contributed by atoms with E-state index in [4.69, 9.17) is 0 Å². The van der Waals surface area contributed by atoms with Crippen LogP contribution in [0.25, 0.3) is 0 Å². The minimum Gasteiger partial charge on any atom is -0.0889 e. The quantitative estimate of drug-likeness (QED) is 0.284. The second kappa shape index (κ2) is 4.57. The van der Waals surface area contributed by atoms with Crippen LogP contribution < -0.4 is 0 Å². The molecule has 0 bridgehead atoms. The van der Waals surface area contributed by atoms with Gasteiger partial charge < -0.3 is 0 Å². The van der Waals surface area contributed by atoms with Gasteiger partial charge in [-0.1, -0.05) is 74.3 Å². The molecule has 0 aliphatic heterocycles. The Balaban J connectivity index is 2.40. The molecule has 0 radical (unpaired) electrons. The Morgan fingerprint density at radius 2 is 1.88 bits per heavy atom. The number of rotatable bonds is 2. The highest BCUT2D eigenvalue weighted by Gasteiger charge is 2.53. The Morgan fingerprint density at radius 3 is 2.53 bits per heavy atom. The van der Waals surface area contributed by atoms with Crippen molar-refractivity contribution in [3.63, 3.8) is 0 Å². The second-order valence-electron chi connectivity index (χ2n) is 7.17. The average molecular weight is 344 g/mol. The van der Waals surface area contributed by atoms with Gasteiger partial charge in [-0.2, -0.15) is 0 Å². The Labute approximate surface area is 121 Å². The molecule has 2 aliphatic rings. The lowest BCUT2D eigenvalue weighted by Gasteiger charge is -2.57. The molecule has 1 saturated carbocycles. The van der Waals surface area contributed by atoms with E-state index in [-0.39, 0.29) is 0 Å². The predicted molar refractivity (Wildman–Crippen MR) is 87.5 cm³/mol. The van der Waals surface area contributed by atoms with E-state index in [1.807, 2.05) is 0 Å². The van der Waals surface area contributed by atoms with Crippen LogP contribution >= 0.6 is 22.6 Å². The van der Waals surface area contributed by atoms with Crippen LogP contribution in [-0.4, -0.2) is 10.6 Å². The molecule has 0 aromatic heterocycles. The highest BCUT2D eigenvalue weighted by atomic mass is 127. The topological polar surface area (TPSA) is 0 Å². The number of alkyl halides is 1. The summed E-state index contributed by atoms with van der Waals surface area (Å²) in [6.45, 7) is 9.79. The van der Waals surface area contributed by atoms with Crippen LogP contribution in [0, 0.1) is 5.41 Å². The summed E-state index contributed by atoms with van der Waals surface area (Å²) in [5, 5.41) is 0.508. The van der Waals surface area contributed by atoms with Crippen molar-refractivity contribution < 1.29 is 0 Å². The molecule has 2 rings (SSSR count). The van der Waals surface area contributed by atoms with Gasteiger partial charge >= 0.3 is 0 Å². The summed E-state index contributed by atoms with van der Waals surface area (Å²) in [5.41, 5.74) is 2.28. The van der Waals surface area contributed by atoms with Gasteiger partial charge in [0.25, 0.3) is 0 Å². The summed E-state index contributed by atoms with van der Waals surface area (Å²) in [5.74, 6) is 0. The molecule has 1 fully saturated rings. The Kier molecular flexibility index (Phi) is 3.76. The summed E-state index contributed by atoms with van der Waals surface area (Å²) in [4.78, 5) is 0. The van der Waals surface area contributed by atoms with E-state index >= 15 is 0 Å². The lowest BCUT2D eigenvalue weighted by Crippen LogP contribution is -2.48. The molecule has 2 heteroatoms. The maximum atomic E-state index is 2.65. The Bertz CT molecular complexity index is 328. The van der Waals surface area contributed by atoms with Crippen LogP contribution in [0.4, 0.5) is 0 Å². The third kappa shape index (κ3) is 2.48. The van der Waals surface area contributed by atoms with Crippen LogP contribution in [0.15, 0.2) is 11.6 Å². The molecule has 0 aromatic carbocycles. The van der Waals surface area contributed by atoms with Gasteiger partial charge in [0, 0.05) is 0 Å². The molecule has 96 valence electrons. The minimum atomic E-state index is 0.419. The van der Waals surface area contributed by atoms with Gasteiger partial charge in [-0.25, -0.2) is 0 Å². The average Bonchev–Trinajstić information content (AvgIpc) is 2.18. The van der Waals surface area contributed by atoms with Gasteiger partial charge in [-0.05, 0) is 40.2 Å². The van der Waals surface area contributed by atoms with Crippen molar-refractivity contribution in [2.75, 3.05) is 0 Å². The molecule has 1 unspecified atom stereocenters. The van der Waals surface area contributed by atoms with E-state index in [1.54, 1.807) is 5.57 Å². The fraction of sp³-hybridized carbons (Fsp3) is 0.867. The number of halogens is 1. The smallest absolute Gasteiger partial charge is 0.0889 e. The number of hydrogen-bond donors (Lipinski definition) is 0. The van der Waals surface area contributed by atoms with Crippen molar-refractivity contribution in [2.45, 2.75) is 74.9 Å². The Hall–Kier alpha value is 0.535. The molecular weight excluding hydrogens is 318 g/mol. The summed E-state index contributed by atoms with van der Waals surface area (Å²) >= 11 is 2.65. The first-order valence-corrected chi connectivity index (χ1v) is 8.23. The zero-order valence-electron chi connectivity index (χ0n) is 11.9. The molecule has 2 atom stereocenters. The molecule has 0 spiro atoms. The summed E-state index contributed by atoms with van der Waals surface area (Å²) in [7, 11) is 1.36. The molecule has 0 saturated heterocycles. The first-order chi connectivity index (χ1) is 7.79. The highest BCUT2D eigenvalue weighted by Crippen LogP contribution is 2.65. The van der Waals surface area contributed by atoms with Crippen LogP contribution in [0.1, 0.15) is 66.2 Å². The third-order valence-electron chi connectivity index (χ3n) is 5.36. The standard InChI is InChI=1S/C15H26BI/c1-12-8-7-10-14(4)9-5-6-11-15(12,14)16-13(2,3)17/h8,16H,5-7,9-11H2,1-4H3/t14?,15-/m1/s1. The molecule has 17 heavy (non-hydrogen) atoms. The predicted octanol–water partition coefficient (Wildman–Crippen LogP) is 5.07. The van der Waals surface area contributed by atoms with Crippen LogP contribution in [0.2, 0.25) is 5.31 Å². The molecule has 0 aromatic rings. The van der Waals surface area contributed by atoms with Crippen LogP contribution in [-0.2, 0) is 0 Å². The fourth-order valence-electron chi connectivity index (χ4n) is 4.48. The lowest BCUT2D eigenvalue weighted by atomic mass is 9.31. The monoisotopic (exact) mass is 344 g/mol. The summed E-state index contributed by atoms with van der Waals surface area (Å²) in [6, 6.07) is 0. The fourth-order valence-corrected chi connectivity index (χ4v) is 5.13. The van der Waals surface area contributed by atoms with Gasteiger partial charge in [-0.3, -0.25) is 0 Å². The first-order valence-electron chi connectivity index (χ1n) is 7.15. The highest BCUT2D eigenvalue weighted by molar-refractivity contribution is 14.1. The number of hydrogen-bond acceptors (Lipinski definition) is 0. The summed E-state index contributed by atoms with van der Waals surface area (Å²) < 4.78 is 0.419. The molecule has 0 N–H and O–H groups in total. The summed E-state index contributed by atoms with van der Waals surface area (Å²) in [6.07, 6.45) is 11.0. The zero-order chi connectivity index (χ0) is 12.7. The second-order valence-corrected chi connectivity index (χ2v) is 10.1. The number of fused-ring (bicyclic) bond motifs is 1. The SMILES string of the molecule is CC1=CCCC2(C)CCCC[C@@]12BC(C)(C)I. The third-order valence-corrected chi connectivity index (χ3v) is 5.74. The number of allylic oxidation sites excluding steroid dienone is 2. The van der Waals surface area contributed by atoms with Gasteiger partial charge in [0.15, 0.2) is 7.28 Å².